The molecule has 2 fully saturated rings. The molecule has 0 amide bonds. The van der Waals surface area contributed by atoms with Crippen molar-refractivity contribution in [1.29, 1.82) is 0 Å². The van der Waals surface area contributed by atoms with E-state index in [0.717, 1.165) is 36.5 Å². The Hall–Kier alpha value is -2.12. The second-order valence-corrected chi connectivity index (χ2v) is 8.97. The van der Waals surface area contributed by atoms with Crippen LogP contribution in [-0.4, -0.2) is 34.3 Å². The molecule has 5 nitrogen and oxygen atoms in total. The molecule has 0 aliphatic carbocycles. The number of nitrogens with zero attached hydrogens (tertiary/aromatic N) is 2. The van der Waals surface area contributed by atoms with Crippen molar-refractivity contribution in [2.24, 2.45) is 0 Å². The van der Waals surface area contributed by atoms with E-state index >= 15 is 0 Å². The number of hydrogen-bond donors (Lipinski definition) is 1. The number of benzene rings is 1. The van der Waals surface area contributed by atoms with Gasteiger partial charge in [0, 0.05) is 29.9 Å². The van der Waals surface area contributed by atoms with Gasteiger partial charge in [-0.1, -0.05) is 29.3 Å². The summed E-state index contributed by atoms with van der Waals surface area (Å²) in [4.78, 5) is 6.73. The van der Waals surface area contributed by atoms with Crippen LogP contribution in [0.3, 0.4) is 0 Å². The predicted octanol–water partition coefficient (Wildman–Crippen LogP) is 5.80. The maximum Gasteiger partial charge on any atom is 0.170 e. The van der Waals surface area contributed by atoms with Crippen molar-refractivity contribution >= 4 is 40.5 Å². The first-order valence-electron chi connectivity index (χ1n) is 10.2. The van der Waals surface area contributed by atoms with E-state index in [-0.39, 0.29) is 18.2 Å². The lowest BCUT2D eigenvalue weighted by atomic mass is 10.0. The van der Waals surface area contributed by atoms with Gasteiger partial charge in [0.15, 0.2) is 5.11 Å². The Morgan fingerprint density at radius 2 is 2.06 bits per heavy atom. The molecule has 0 spiro atoms. The van der Waals surface area contributed by atoms with E-state index in [1.807, 2.05) is 36.4 Å². The molecule has 0 bridgehead atoms. The summed E-state index contributed by atoms with van der Waals surface area (Å²) in [5, 5.41) is 5.26. The first kappa shape index (κ1) is 20.8. The number of nitrogens with one attached hydrogen (secondary N) is 1. The van der Waals surface area contributed by atoms with Gasteiger partial charge < -0.3 is 19.4 Å². The molecule has 4 heterocycles. The zero-order valence-corrected chi connectivity index (χ0v) is 19.0. The second kappa shape index (κ2) is 8.79. The molecule has 2 aromatic heterocycles. The Balaban J connectivity index is 1.51. The quantitative estimate of drug-likeness (QED) is 0.472. The summed E-state index contributed by atoms with van der Waals surface area (Å²) in [5.74, 6) is 1.48. The monoisotopic (exact) mass is 473 g/mol. The van der Waals surface area contributed by atoms with Crippen LogP contribution in [0, 0.1) is 0 Å². The number of hydrogen-bond acceptors (Lipinski definition) is 4. The van der Waals surface area contributed by atoms with Crippen molar-refractivity contribution in [3.8, 4) is 11.3 Å². The Kier molecular flexibility index (Phi) is 5.89. The number of rotatable bonds is 5. The van der Waals surface area contributed by atoms with Gasteiger partial charge in [0.05, 0.1) is 22.9 Å². The van der Waals surface area contributed by atoms with Crippen LogP contribution in [0.2, 0.25) is 10.0 Å². The lowest BCUT2D eigenvalue weighted by molar-refractivity contribution is 0.0818. The number of pyridine rings is 1. The third-order valence-electron chi connectivity index (χ3n) is 5.74. The lowest BCUT2D eigenvalue weighted by Crippen LogP contribution is -2.36. The van der Waals surface area contributed by atoms with E-state index in [4.69, 9.17) is 44.6 Å². The van der Waals surface area contributed by atoms with Crippen LogP contribution < -0.4 is 5.32 Å². The molecule has 0 unspecified atom stereocenters. The molecule has 0 saturated carbocycles. The van der Waals surface area contributed by atoms with Crippen LogP contribution in [0.4, 0.5) is 0 Å². The zero-order chi connectivity index (χ0) is 21.4. The average molecular weight is 474 g/mol. The van der Waals surface area contributed by atoms with Gasteiger partial charge in [-0.2, -0.15) is 0 Å². The Bertz CT molecular complexity index is 1090. The van der Waals surface area contributed by atoms with E-state index in [1.54, 1.807) is 18.3 Å². The SMILES string of the molecule is S=C1N[C@@H](c2ccccn2)[C@H](c2ccc(-c3ccc(Cl)cc3Cl)o2)N1C[C@@H]1CCCO1. The summed E-state index contributed by atoms with van der Waals surface area (Å²) in [5.41, 5.74) is 1.71. The van der Waals surface area contributed by atoms with Crippen LogP contribution in [0.1, 0.15) is 36.4 Å². The molecule has 31 heavy (non-hydrogen) atoms. The fourth-order valence-electron chi connectivity index (χ4n) is 4.26. The molecular weight excluding hydrogens is 453 g/mol. The Morgan fingerprint density at radius 3 is 2.81 bits per heavy atom. The third kappa shape index (κ3) is 4.17. The summed E-state index contributed by atoms with van der Waals surface area (Å²) in [7, 11) is 0. The molecule has 1 aromatic carbocycles. The number of halogens is 2. The van der Waals surface area contributed by atoms with E-state index in [2.05, 4.69) is 15.2 Å². The smallest absolute Gasteiger partial charge is 0.170 e. The van der Waals surface area contributed by atoms with Crippen LogP contribution >= 0.6 is 35.4 Å². The van der Waals surface area contributed by atoms with Crippen LogP contribution in [0.25, 0.3) is 11.3 Å². The highest BCUT2D eigenvalue weighted by Crippen LogP contribution is 2.42. The first-order chi connectivity index (χ1) is 15.1. The van der Waals surface area contributed by atoms with Crippen LogP contribution in [0.15, 0.2) is 59.1 Å². The molecular formula is C23H21Cl2N3O2S. The van der Waals surface area contributed by atoms with E-state index in [9.17, 15) is 0 Å². The van der Waals surface area contributed by atoms with Crippen molar-refractivity contribution in [1.82, 2.24) is 15.2 Å². The van der Waals surface area contributed by atoms with E-state index in [1.165, 1.54) is 0 Å². The third-order valence-corrected chi connectivity index (χ3v) is 6.64. The van der Waals surface area contributed by atoms with Gasteiger partial charge in [0.2, 0.25) is 0 Å². The highest BCUT2D eigenvalue weighted by atomic mass is 35.5. The molecule has 2 saturated heterocycles. The van der Waals surface area contributed by atoms with Gasteiger partial charge in [0.25, 0.3) is 0 Å². The fraction of sp³-hybridized carbons (Fsp3) is 0.304. The molecule has 2 aliphatic rings. The molecule has 160 valence electrons. The molecule has 3 atom stereocenters. The fourth-order valence-corrected chi connectivity index (χ4v) is 5.08. The van der Waals surface area contributed by atoms with E-state index in [0.29, 0.717) is 27.5 Å². The highest BCUT2D eigenvalue weighted by Gasteiger charge is 2.42. The van der Waals surface area contributed by atoms with Crippen molar-refractivity contribution in [2.75, 3.05) is 13.2 Å². The minimum absolute atomic E-state index is 0.130. The maximum absolute atomic E-state index is 6.41. The molecule has 1 N–H and O–H groups in total. The minimum Gasteiger partial charge on any atom is -0.459 e. The standard InChI is InChI=1S/C23H21Cl2N3O2S/c24-14-6-7-16(17(25)12-14)19-8-9-20(30-19)22-21(18-5-1-2-10-26-18)27-23(31)28(22)13-15-4-3-11-29-15/h1-2,5-10,12,15,21-22H,3-4,11,13H2,(H,27,31)/t15-,21-,22-/m0/s1. The van der Waals surface area contributed by atoms with Crippen molar-refractivity contribution in [3.05, 3.63) is 76.2 Å². The Labute approximate surface area is 196 Å². The van der Waals surface area contributed by atoms with E-state index < -0.39 is 0 Å². The lowest BCUT2D eigenvalue weighted by Gasteiger charge is -2.28. The number of furan rings is 1. The summed E-state index contributed by atoms with van der Waals surface area (Å²) < 4.78 is 12.2. The van der Waals surface area contributed by atoms with Gasteiger partial charge in [-0.05, 0) is 67.5 Å². The predicted molar refractivity (Wildman–Crippen MR) is 125 cm³/mol. The topological polar surface area (TPSA) is 50.5 Å². The summed E-state index contributed by atoms with van der Waals surface area (Å²) in [6.45, 7) is 1.50. The normalized spacial score (nSPS) is 23.4. The summed E-state index contributed by atoms with van der Waals surface area (Å²) >= 11 is 18.2. The number of thiocarbonyl (C=S) groups is 1. The Morgan fingerprint density at radius 1 is 1.16 bits per heavy atom. The van der Waals surface area contributed by atoms with Crippen molar-refractivity contribution in [3.63, 3.8) is 0 Å². The molecule has 3 aromatic rings. The molecule has 5 rings (SSSR count). The number of aromatic nitrogens is 1. The van der Waals surface area contributed by atoms with Gasteiger partial charge >= 0.3 is 0 Å². The van der Waals surface area contributed by atoms with Gasteiger partial charge in [-0.3, -0.25) is 4.98 Å². The van der Waals surface area contributed by atoms with Gasteiger partial charge in [0.1, 0.15) is 17.6 Å². The summed E-state index contributed by atoms with van der Waals surface area (Å²) in [6, 6.07) is 14.9. The van der Waals surface area contributed by atoms with Gasteiger partial charge in [-0.15, -0.1) is 0 Å². The average Bonchev–Trinajstić information content (AvgIpc) is 3.51. The number of ether oxygens (including phenoxy) is 1. The molecule has 0 radical (unpaired) electrons. The maximum atomic E-state index is 6.41. The second-order valence-electron chi connectivity index (χ2n) is 7.74. The van der Waals surface area contributed by atoms with Gasteiger partial charge in [-0.25, -0.2) is 0 Å². The zero-order valence-electron chi connectivity index (χ0n) is 16.6. The van der Waals surface area contributed by atoms with Crippen molar-refractivity contribution < 1.29 is 9.15 Å². The minimum atomic E-state index is -0.147. The van der Waals surface area contributed by atoms with Crippen LogP contribution in [-0.2, 0) is 4.74 Å². The van der Waals surface area contributed by atoms with Crippen LogP contribution in [0.5, 0.6) is 0 Å². The first-order valence-corrected chi connectivity index (χ1v) is 11.4. The molecule has 2 aliphatic heterocycles. The molecule has 8 heteroatoms. The summed E-state index contributed by atoms with van der Waals surface area (Å²) in [6.07, 6.45) is 4.06. The van der Waals surface area contributed by atoms with Crippen molar-refractivity contribution in [2.45, 2.75) is 31.0 Å². The largest absolute Gasteiger partial charge is 0.459 e. The highest BCUT2D eigenvalue weighted by molar-refractivity contribution is 7.80.